The molecule has 1 unspecified atom stereocenters. The predicted octanol–water partition coefficient (Wildman–Crippen LogP) is 2.51. The molecule has 2 N–H and O–H groups in total. The summed E-state index contributed by atoms with van der Waals surface area (Å²) in [5, 5.41) is 11.5. The fraction of sp³-hybridized carbons (Fsp3) is 0.200. The molecule has 6 heteroatoms. The number of halogens is 1. The Kier molecular flexibility index (Phi) is 6.49. The van der Waals surface area contributed by atoms with Crippen molar-refractivity contribution in [2.45, 2.75) is 13.0 Å². The Morgan fingerprint density at radius 2 is 2.24 bits per heavy atom. The Bertz CT molecular complexity index is 569. The smallest absolute Gasteiger partial charge is 0.328 e. The number of benzene rings is 1. The van der Waals surface area contributed by atoms with Gasteiger partial charge in [-0.05, 0) is 30.7 Å². The molecule has 0 saturated carbocycles. The van der Waals surface area contributed by atoms with Gasteiger partial charge in [-0.3, -0.25) is 4.79 Å². The number of hydrogen-bond acceptors (Lipinski definition) is 3. The minimum Gasteiger partial charge on any atom is -0.479 e. The molecule has 1 atom stereocenters. The third kappa shape index (κ3) is 5.71. The molecule has 0 aromatic heterocycles. The van der Waals surface area contributed by atoms with Gasteiger partial charge in [0.15, 0.2) is 6.10 Å². The maximum atomic E-state index is 11.7. The van der Waals surface area contributed by atoms with E-state index in [2.05, 4.69) is 11.9 Å². The first kappa shape index (κ1) is 16.8. The number of aliphatic carboxylic acids is 1. The summed E-state index contributed by atoms with van der Waals surface area (Å²) in [6.45, 7) is 5.47. The van der Waals surface area contributed by atoms with Crippen molar-refractivity contribution in [2.75, 3.05) is 6.54 Å². The van der Waals surface area contributed by atoms with Crippen LogP contribution in [0.5, 0.6) is 5.75 Å². The Morgan fingerprint density at radius 1 is 1.52 bits per heavy atom. The fourth-order valence-corrected chi connectivity index (χ4v) is 1.68. The van der Waals surface area contributed by atoms with Crippen molar-refractivity contribution in [1.82, 2.24) is 5.32 Å². The molecule has 1 aromatic rings. The molecule has 0 aliphatic carbocycles. The quantitative estimate of drug-likeness (QED) is 0.599. The summed E-state index contributed by atoms with van der Waals surface area (Å²) in [5.41, 5.74) is 0.624. The minimum absolute atomic E-state index is 0.277. The van der Waals surface area contributed by atoms with Crippen LogP contribution in [0.15, 0.2) is 36.9 Å². The lowest BCUT2D eigenvalue weighted by Crippen LogP contribution is -2.36. The van der Waals surface area contributed by atoms with Crippen molar-refractivity contribution in [3.05, 3.63) is 47.5 Å². The number of carbonyl (C=O) groups excluding carboxylic acids is 1. The van der Waals surface area contributed by atoms with E-state index < -0.39 is 12.1 Å². The van der Waals surface area contributed by atoms with Gasteiger partial charge in [0.1, 0.15) is 5.75 Å². The maximum absolute atomic E-state index is 11.7. The lowest BCUT2D eigenvalue weighted by Gasteiger charge is -2.15. The van der Waals surface area contributed by atoms with Crippen LogP contribution in [0, 0.1) is 0 Å². The summed E-state index contributed by atoms with van der Waals surface area (Å²) in [5.74, 6) is -0.967. The number of ether oxygens (including phenoxy) is 1. The number of carboxylic acid groups (broad SMARTS) is 1. The third-order valence-electron chi connectivity index (χ3n) is 2.47. The van der Waals surface area contributed by atoms with Gasteiger partial charge >= 0.3 is 5.97 Å². The zero-order valence-electron chi connectivity index (χ0n) is 11.5. The molecule has 1 amide bonds. The summed E-state index contributed by atoms with van der Waals surface area (Å²) < 4.78 is 5.47. The molecular formula is C15H16ClNO4. The van der Waals surface area contributed by atoms with Gasteiger partial charge in [0.25, 0.3) is 5.91 Å². The first-order chi connectivity index (χ1) is 9.93. The van der Waals surface area contributed by atoms with Crippen LogP contribution in [-0.4, -0.2) is 29.6 Å². The first-order valence-electron chi connectivity index (χ1n) is 6.20. The topological polar surface area (TPSA) is 75.6 Å². The van der Waals surface area contributed by atoms with Gasteiger partial charge in [-0.2, -0.15) is 0 Å². The highest BCUT2D eigenvalue weighted by atomic mass is 35.5. The molecule has 0 heterocycles. The number of carboxylic acids is 1. The van der Waals surface area contributed by atoms with E-state index >= 15 is 0 Å². The summed E-state index contributed by atoms with van der Waals surface area (Å²) in [6, 6.07) is 4.79. The van der Waals surface area contributed by atoms with E-state index in [1.165, 1.54) is 6.08 Å². The zero-order valence-corrected chi connectivity index (χ0v) is 12.3. The molecule has 112 valence electrons. The lowest BCUT2D eigenvalue weighted by molar-refractivity contribution is -0.131. The van der Waals surface area contributed by atoms with Crippen molar-refractivity contribution in [3.63, 3.8) is 0 Å². The Balaban J connectivity index is 2.74. The Labute approximate surface area is 127 Å². The van der Waals surface area contributed by atoms with Crippen LogP contribution in [0.25, 0.3) is 6.08 Å². The highest BCUT2D eigenvalue weighted by molar-refractivity contribution is 6.32. The van der Waals surface area contributed by atoms with Gasteiger partial charge in [0, 0.05) is 12.6 Å². The summed E-state index contributed by atoms with van der Waals surface area (Å²) in [4.78, 5) is 22.1. The molecule has 1 aromatic carbocycles. The van der Waals surface area contributed by atoms with E-state index in [-0.39, 0.29) is 5.91 Å². The maximum Gasteiger partial charge on any atom is 0.328 e. The van der Waals surface area contributed by atoms with Crippen LogP contribution < -0.4 is 10.1 Å². The van der Waals surface area contributed by atoms with Gasteiger partial charge in [-0.15, -0.1) is 6.58 Å². The van der Waals surface area contributed by atoms with E-state index in [9.17, 15) is 9.59 Å². The van der Waals surface area contributed by atoms with Crippen LogP contribution >= 0.6 is 11.6 Å². The average Bonchev–Trinajstić information content (AvgIpc) is 2.44. The summed E-state index contributed by atoms with van der Waals surface area (Å²) in [6.07, 6.45) is 3.29. The van der Waals surface area contributed by atoms with Crippen molar-refractivity contribution in [2.24, 2.45) is 0 Å². The molecule has 1 rings (SSSR count). The minimum atomic E-state index is -1.04. The van der Waals surface area contributed by atoms with Crippen LogP contribution in [0.1, 0.15) is 12.5 Å². The number of rotatable bonds is 7. The van der Waals surface area contributed by atoms with E-state index in [0.717, 1.165) is 6.08 Å². The van der Waals surface area contributed by atoms with Crippen LogP contribution in [0.4, 0.5) is 0 Å². The second-order valence-electron chi connectivity index (χ2n) is 4.16. The van der Waals surface area contributed by atoms with Gasteiger partial charge in [0.2, 0.25) is 0 Å². The molecule has 0 saturated heterocycles. The van der Waals surface area contributed by atoms with Gasteiger partial charge in [0.05, 0.1) is 5.02 Å². The number of nitrogens with one attached hydrogen (secondary N) is 1. The first-order valence-corrected chi connectivity index (χ1v) is 6.57. The van der Waals surface area contributed by atoms with Crippen molar-refractivity contribution < 1.29 is 19.4 Å². The second kappa shape index (κ2) is 8.11. The predicted molar refractivity (Wildman–Crippen MR) is 81.4 cm³/mol. The molecule has 5 nitrogen and oxygen atoms in total. The highest BCUT2D eigenvalue weighted by Gasteiger charge is 2.15. The molecule has 0 radical (unpaired) electrons. The summed E-state index contributed by atoms with van der Waals surface area (Å²) in [7, 11) is 0. The Hall–Kier alpha value is -2.27. The van der Waals surface area contributed by atoms with Crippen LogP contribution in [0.3, 0.4) is 0 Å². The van der Waals surface area contributed by atoms with Gasteiger partial charge in [-0.1, -0.05) is 23.7 Å². The second-order valence-corrected chi connectivity index (χ2v) is 4.56. The molecule has 0 spiro atoms. The van der Waals surface area contributed by atoms with E-state index in [4.69, 9.17) is 21.4 Å². The lowest BCUT2D eigenvalue weighted by atomic mass is 10.2. The molecule has 0 aliphatic rings. The highest BCUT2D eigenvalue weighted by Crippen LogP contribution is 2.27. The SMILES string of the molecule is C=CCNC(=O)C(C)Oc1ccc(C=CC(=O)O)cc1Cl. The molecule has 0 fully saturated rings. The van der Waals surface area contributed by atoms with Crippen LogP contribution in [-0.2, 0) is 9.59 Å². The monoisotopic (exact) mass is 309 g/mol. The van der Waals surface area contributed by atoms with E-state index in [1.807, 2.05) is 0 Å². The number of hydrogen-bond donors (Lipinski definition) is 2. The van der Waals surface area contributed by atoms with Crippen molar-refractivity contribution in [1.29, 1.82) is 0 Å². The molecule has 0 bridgehead atoms. The fourth-order valence-electron chi connectivity index (χ4n) is 1.44. The number of amides is 1. The van der Waals surface area contributed by atoms with Crippen LogP contribution in [0.2, 0.25) is 5.02 Å². The largest absolute Gasteiger partial charge is 0.479 e. The summed E-state index contributed by atoms with van der Waals surface area (Å²) >= 11 is 6.04. The van der Waals surface area contributed by atoms with Gasteiger partial charge < -0.3 is 15.2 Å². The van der Waals surface area contributed by atoms with E-state index in [0.29, 0.717) is 22.9 Å². The van der Waals surface area contributed by atoms with Crippen molar-refractivity contribution in [3.8, 4) is 5.75 Å². The zero-order chi connectivity index (χ0) is 15.8. The average molecular weight is 310 g/mol. The van der Waals surface area contributed by atoms with E-state index in [1.54, 1.807) is 31.2 Å². The van der Waals surface area contributed by atoms with Gasteiger partial charge in [-0.25, -0.2) is 4.79 Å². The number of carbonyl (C=O) groups is 2. The standard InChI is InChI=1S/C15H16ClNO4/c1-3-8-17-15(20)10(2)21-13-6-4-11(9-12(13)16)5-7-14(18)19/h3-7,9-10H,1,8H2,2H3,(H,17,20)(H,18,19). The van der Waals surface area contributed by atoms with Crippen molar-refractivity contribution >= 4 is 29.6 Å². The molecule has 21 heavy (non-hydrogen) atoms. The normalized spacial score (nSPS) is 11.9. The molecule has 0 aliphatic heterocycles. The third-order valence-corrected chi connectivity index (χ3v) is 2.76. The Morgan fingerprint density at radius 3 is 2.81 bits per heavy atom. The molecular weight excluding hydrogens is 294 g/mol.